The summed E-state index contributed by atoms with van der Waals surface area (Å²) in [5.74, 6) is 0. The normalized spacial score (nSPS) is 12.2. The highest BCUT2D eigenvalue weighted by Gasteiger charge is 2.33. The molecule has 1 N–H and O–H groups in total. The van der Waals surface area contributed by atoms with Crippen molar-refractivity contribution in [1.82, 2.24) is 0 Å². The third kappa shape index (κ3) is 5.16. The number of anilines is 1. The van der Waals surface area contributed by atoms with Crippen LogP contribution in [0.15, 0.2) is 18.2 Å². The predicted octanol–water partition coefficient (Wildman–Crippen LogP) is 4.47. The van der Waals surface area contributed by atoms with Crippen molar-refractivity contribution < 1.29 is 35.9 Å². The van der Waals surface area contributed by atoms with Gasteiger partial charge in [0.2, 0.25) is 0 Å². The molecule has 0 aromatic heterocycles. The maximum Gasteiger partial charge on any atom is 0.422 e. The van der Waals surface area contributed by atoms with Gasteiger partial charge in [-0.2, -0.15) is 26.3 Å². The first-order valence-corrected chi connectivity index (χ1v) is 5.24. The molecule has 0 radical (unpaired) electrons. The van der Waals surface area contributed by atoms with Gasteiger partial charge in [0.05, 0.1) is 10.6 Å². The van der Waals surface area contributed by atoms with E-state index in [1.54, 1.807) is 5.32 Å². The molecule has 0 saturated carbocycles. The molecule has 20 heavy (non-hydrogen) atoms. The number of benzene rings is 1. The van der Waals surface area contributed by atoms with Gasteiger partial charge in [0.15, 0.2) is 6.61 Å². The van der Waals surface area contributed by atoms with Crippen LogP contribution in [-0.2, 0) is 10.9 Å². The number of carbonyl (C=O) groups is 1. The Morgan fingerprint density at radius 1 is 1.20 bits per heavy atom. The summed E-state index contributed by atoms with van der Waals surface area (Å²) in [6.45, 7) is -1.85. The van der Waals surface area contributed by atoms with Gasteiger partial charge < -0.3 is 4.74 Å². The zero-order valence-electron chi connectivity index (χ0n) is 9.40. The smallest absolute Gasteiger partial charge is 0.422 e. The van der Waals surface area contributed by atoms with Crippen LogP contribution < -0.4 is 5.32 Å². The fourth-order valence-electron chi connectivity index (χ4n) is 1.12. The van der Waals surface area contributed by atoms with Gasteiger partial charge in [-0.3, -0.25) is 5.32 Å². The highest BCUT2D eigenvalue weighted by Crippen LogP contribution is 2.36. The van der Waals surface area contributed by atoms with Crippen LogP contribution in [0.25, 0.3) is 0 Å². The summed E-state index contributed by atoms with van der Waals surface area (Å²) in [6, 6.07) is 2.33. The lowest BCUT2D eigenvalue weighted by molar-refractivity contribution is -0.159. The Hall–Kier alpha value is -1.64. The standard InChI is InChI=1S/C10H6ClF6NO2/c11-7-2-1-5(3-6(7)10(15,16)17)18-8(19)20-4-9(12,13)14/h1-3H,4H2,(H,18,19). The van der Waals surface area contributed by atoms with Crippen LogP contribution >= 0.6 is 11.6 Å². The summed E-state index contributed by atoms with van der Waals surface area (Å²) < 4.78 is 76.5. The Balaban J connectivity index is 2.77. The van der Waals surface area contributed by atoms with Crippen molar-refractivity contribution in [2.75, 3.05) is 11.9 Å². The number of ether oxygens (including phenoxy) is 1. The molecular weight excluding hydrogens is 316 g/mol. The summed E-state index contributed by atoms with van der Waals surface area (Å²) in [5, 5.41) is 1.13. The van der Waals surface area contributed by atoms with Crippen LogP contribution in [0.4, 0.5) is 36.8 Å². The van der Waals surface area contributed by atoms with E-state index in [-0.39, 0.29) is 0 Å². The van der Waals surface area contributed by atoms with E-state index in [0.29, 0.717) is 6.07 Å². The SMILES string of the molecule is O=C(Nc1ccc(Cl)c(C(F)(F)F)c1)OCC(F)(F)F. The van der Waals surface area contributed by atoms with Gasteiger partial charge in [-0.1, -0.05) is 11.6 Å². The minimum absolute atomic E-state index is 0.395. The van der Waals surface area contributed by atoms with Crippen molar-refractivity contribution in [3.63, 3.8) is 0 Å². The fourth-order valence-corrected chi connectivity index (χ4v) is 1.35. The number of rotatable bonds is 2. The lowest BCUT2D eigenvalue weighted by atomic mass is 10.2. The van der Waals surface area contributed by atoms with Gasteiger partial charge in [-0.15, -0.1) is 0 Å². The summed E-state index contributed by atoms with van der Waals surface area (Å²) in [5.41, 5.74) is -1.62. The number of hydrogen-bond acceptors (Lipinski definition) is 2. The van der Waals surface area contributed by atoms with Crippen molar-refractivity contribution in [3.8, 4) is 0 Å². The summed E-state index contributed by atoms with van der Waals surface area (Å²) in [7, 11) is 0. The third-order valence-electron chi connectivity index (χ3n) is 1.89. The van der Waals surface area contributed by atoms with E-state index in [2.05, 4.69) is 4.74 Å². The van der Waals surface area contributed by atoms with Gasteiger partial charge >= 0.3 is 18.4 Å². The lowest BCUT2D eigenvalue weighted by Gasteiger charge is -2.12. The molecule has 0 unspecified atom stereocenters. The Labute approximate surface area is 113 Å². The first-order chi connectivity index (χ1) is 8.99. The number of alkyl halides is 6. The van der Waals surface area contributed by atoms with Gasteiger partial charge in [-0.25, -0.2) is 4.79 Å². The predicted molar refractivity (Wildman–Crippen MR) is 57.5 cm³/mol. The largest absolute Gasteiger partial charge is 0.440 e. The second-order valence-electron chi connectivity index (χ2n) is 3.51. The Bertz CT molecular complexity index is 500. The molecule has 1 amide bonds. The zero-order chi connectivity index (χ0) is 15.6. The van der Waals surface area contributed by atoms with E-state index in [1.807, 2.05) is 0 Å². The molecular formula is C10H6ClF6NO2. The number of hydrogen-bond donors (Lipinski definition) is 1. The average molecular weight is 322 g/mol. The van der Waals surface area contributed by atoms with Gasteiger partial charge in [0.25, 0.3) is 0 Å². The van der Waals surface area contributed by atoms with Gasteiger partial charge in [0.1, 0.15) is 0 Å². The first kappa shape index (κ1) is 16.4. The van der Waals surface area contributed by atoms with E-state index in [4.69, 9.17) is 11.6 Å². The molecule has 112 valence electrons. The topological polar surface area (TPSA) is 38.3 Å². The average Bonchev–Trinajstić information content (AvgIpc) is 2.27. The van der Waals surface area contributed by atoms with Crippen LogP contribution in [0, 0.1) is 0 Å². The molecule has 0 saturated heterocycles. The van der Waals surface area contributed by atoms with Crippen molar-refractivity contribution >= 4 is 23.4 Å². The molecule has 0 heterocycles. The van der Waals surface area contributed by atoms with Crippen LogP contribution in [-0.4, -0.2) is 18.9 Å². The van der Waals surface area contributed by atoms with Crippen LogP contribution in [0.5, 0.6) is 0 Å². The molecule has 1 aromatic rings. The number of carbonyl (C=O) groups excluding carboxylic acids is 1. The molecule has 0 aliphatic rings. The van der Waals surface area contributed by atoms with Crippen molar-refractivity contribution in [1.29, 1.82) is 0 Å². The molecule has 0 spiro atoms. The summed E-state index contributed by atoms with van der Waals surface area (Å²) in [6.07, 6.45) is -11.0. The maximum absolute atomic E-state index is 12.5. The third-order valence-corrected chi connectivity index (χ3v) is 2.21. The molecule has 1 rings (SSSR count). The van der Waals surface area contributed by atoms with E-state index in [1.165, 1.54) is 0 Å². The van der Waals surface area contributed by atoms with E-state index < -0.39 is 41.3 Å². The summed E-state index contributed by atoms with van der Waals surface area (Å²) in [4.78, 5) is 11.0. The Morgan fingerprint density at radius 2 is 1.80 bits per heavy atom. The molecule has 0 fully saturated rings. The second-order valence-corrected chi connectivity index (χ2v) is 3.92. The van der Waals surface area contributed by atoms with Crippen molar-refractivity contribution in [3.05, 3.63) is 28.8 Å². The highest BCUT2D eigenvalue weighted by molar-refractivity contribution is 6.31. The van der Waals surface area contributed by atoms with E-state index in [9.17, 15) is 31.1 Å². The van der Waals surface area contributed by atoms with Gasteiger partial charge in [-0.05, 0) is 18.2 Å². The maximum atomic E-state index is 12.5. The van der Waals surface area contributed by atoms with Crippen LogP contribution in [0.1, 0.15) is 5.56 Å². The van der Waals surface area contributed by atoms with Crippen molar-refractivity contribution in [2.45, 2.75) is 12.4 Å². The molecule has 3 nitrogen and oxygen atoms in total. The van der Waals surface area contributed by atoms with Crippen LogP contribution in [0.2, 0.25) is 5.02 Å². The molecule has 0 aliphatic heterocycles. The minimum atomic E-state index is -4.76. The molecule has 0 bridgehead atoms. The summed E-state index contributed by atoms with van der Waals surface area (Å²) >= 11 is 5.33. The van der Waals surface area contributed by atoms with Gasteiger partial charge in [0, 0.05) is 5.69 Å². The molecule has 0 atom stereocenters. The number of halogens is 7. The van der Waals surface area contributed by atoms with Crippen molar-refractivity contribution in [2.24, 2.45) is 0 Å². The highest BCUT2D eigenvalue weighted by atomic mass is 35.5. The molecule has 1 aromatic carbocycles. The second kappa shape index (κ2) is 5.78. The number of nitrogens with one attached hydrogen (secondary N) is 1. The fraction of sp³-hybridized carbons (Fsp3) is 0.300. The Kier molecular flexibility index (Phi) is 4.74. The van der Waals surface area contributed by atoms with Crippen LogP contribution in [0.3, 0.4) is 0 Å². The van der Waals surface area contributed by atoms with E-state index >= 15 is 0 Å². The first-order valence-electron chi connectivity index (χ1n) is 4.86. The number of amides is 1. The molecule has 0 aliphatic carbocycles. The minimum Gasteiger partial charge on any atom is -0.440 e. The van der Waals surface area contributed by atoms with E-state index in [0.717, 1.165) is 12.1 Å². The quantitative estimate of drug-likeness (QED) is 0.816. The molecule has 10 heteroatoms. The lowest BCUT2D eigenvalue weighted by Crippen LogP contribution is -2.23. The zero-order valence-corrected chi connectivity index (χ0v) is 10.2. The Morgan fingerprint density at radius 3 is 2.30 bits per heavy atom. The monoisotopic (exact) mass is 321 g/mol.